The molecule has 2 heterocycles. The van der Waals surface area contributed by atoms with E-state index in [9.17, 15) is 25.2 Å². The molecule has 14 heteroatoms. The Bertz CT molecular complexity index is 2840. The Morgan fingerprint density at radius 1 is 0.354 bits per heavy atom. The van der Waals surface area contributed by atoms with Crippen LogP contribution in [0.3, 0.4) is 0 Å². The summed E-state index contributed by atoms with van der Waals surface area (Å²) in [5.74, 6) is 0. The number of rotatable bonds is 6. The van der Waals surface area contributed by atoms with Crippen LogP contribution in [0.2, 0.25) is 0 Å². The number of hydrogen-bond acceptors (Lipinski definition) is 2. The van der Waals surface area contributed by atoms with Gasteiger partial charge in [-0.05, 0) is 71.4 Å². The largest absolute Gasteiger partial charge is 1.00 e. The minimum atomic E-state index is -10.7. The standard InChI is InChI=1S/2C25H18NP.CH2Cl2.Cu.F6P/c2*1-3-11-20(12-4-1)27(21-13-5-2-6-14-21)24-17-9-16-23-22-15-8-7-10-19(22)18-26-25(23)24;2-1-3;;1-7(2,3,4,5)6/h2*1-18H;1H2;;/q;;;+1;-1/p+2. The molecule has 8 aromatic carbocycles. The average molecular weight is 1020 g/mol. The van der Waals surface area contributed by atoms with Crippen LogP contribution in [0.4, 0.5) is 25.2 Å². The molecule has 0 spiro atoms. The molecule has 2 aromatic heterocycles. The van der Waals surface area contributed by atoms with Crippen LogP contribution < -0.4 is 31.8 Å². The second-order valence-electron chi connectivity index (χ2n) is 14.4. The molecule has 0 aliphatic heterocycles. The van der Waals surface area contributed by atoms with Crippen LogP contribution in [0.5, 0.6) is 0 Å². The zero-order valence-electron chi connectivity index (χ0n) is 34.2. The molecule has 0 N–H and O–H groups in total. The molecule has 0 atom stereocenters. The van der Waals surface area contributed by atoms with E-state index in [1.807, 2.05) is 12.4 Å². The van der Waals surface area contributed by atoms with Gasteiger partial charge in [-0.25, -0.2) is 0 Å². The smallest absolute Gasteiger partial charge is 0.251 e. The van der Waals surface area contributed by atoms with Crippen molar-refractivity contribution < 1.29 is 42.3 Å². The summed E-state index contributed by atoms with van der Waals surface area (Å²) in [7, 11) is -12.9. The fourth-order valence-electron chi connectivity index (χ4n) is 7.56. The van der Waals surface area contributed by atoms with Gasteiger partial charge in [-0.1, -0.05) is 146 Å². The number of alkyl halides is 2. The Hall–Kier alpha value is -4.93. The van der Waals surface area contributed by atoms with Crippen molar-refractivity contribution in [1.29, 1.82) is 0 Å². The van der Waals surface area contributed by atoms with Crippen molar-refractivity contribution in [2.75, 3.05) is 5.34 Å². The Kier molecular flexibility index (Phi) is 16.1. The number of fused-ring (bicyclic) bond motifs is 6. The zero-order valence-corrected chi connectivity index (χ0v) is 39.5. The van der Waals surface area contributed by atoms with E-state index < -0.39 is 23.7 Å². The summed E-state index contributed by atoms with van der Waals surface area (Å²) in [6.07, 6.45) is 4.02. The predicted molar refractivity (Wildman–Crippen MR) is 269 cm³/mol. The normalized spacial score (nSPS) is 12.2. The van der Waals surface area contributed by atoms with Crippen LogP contribution >= 0.6 is 46.9 Å². The first kappa shape index (κ1) is 49.5. The number of halogens is 8. The van der Waals surface area contributed by atoms with E-state index in [2.05, 4.69) is 206 Å². The van der Waals surface area contributed by atoms with Crippen LogP contribution in [0.15, 0.2) is 219 Å². The molecule has 0 saturated carbocycles. The number of pyridine rings is 2. The van der Waals surface area contributed by atoms with Gasteiger partial charge in [0, 0.05) is 33.9 Å². The van der Waals surface area contributed by atoms with E-state index in [-0.39, 0.29) is 22.4 Å². The maximum absolute atomic E-state index is 10.7. The minimum absolute atomic E-state index is 0. The first-order chi connectivity index (χ1) is 30.7. The fourth-order valence-corrected chi connectivity index (χ4v) is 13.0. The maximum atomic E-state index is 9.87. The molecule has 334 valence electrons. The summed E-state index contributed by atoms with van der Waals surface area (Å²) >= 11 is 9.53. The van der Waals surface area contributed by atoms with Gasteiger partial charge >= 0.3 is 50.1 Å². The van der Waals surface area contributed by atoms with Gasteiger partial charge in [-0.2, -0.15) is 0 Å². The van der Waals surface area contributed by atoms with Crippen molar-refractivity contribution in [2.45, 2.75) is 0 Å². The van der Waals surface area contributed by atoms with Crippen molar-refractivity contribution >= 4 is 122 Å². The Morgan fingerprint density at radius 3 is 0.892 bits per heavy atom. The first-order valence-corrected chi connectivity index (χ1v) is 26.0. The summed E-state index contributed by atoms with van der Waals surface area (Å²) in [6.45, 7) is 0. The van der Waals surface area contributed by atoms with Crippen molar-refractivity contribution in [1.82, 2.24) is 9.97 Å². The third kappa shape index (κ3) is 13.6. The molecule has 10 rings (SSSR count). The molecular weight excluding hydrogens is 982 g/mol. The summed E-state index contributed by atoms with van der Waals surface area (Å²) in [5.41, 5.74) is 2.25. The van der Waals surface area contributed by atoms with Crippen LogP contribution in [0, 0.1) is 0 Å². The SMILES string of the molecule is ClCCl.F[P-](F)(F)(F)(F)F.[Cu+].c1ccc([PH+](c2ccccc2)c2cccc3c2ncc2ccccc23)cc1.c1ccc([PH+](c2ccccc2)c2cccc3c2ncc2ccccc23)cc1. The number of aromatic nitrogens is 2. The summed E-state index contributed by atoms with van der Waals surface area (Å²) in [5, 5.41) is 15.8. The topological polar surface area (TPSA) is 25.8 Å². The van der Waals surface area contributed by atoms with Crippen LogP contribution in [0.1, 0.15) is 0 Å². The van der Waals surface area contributed by atoms with Crippen molar-refractivity contribution in [3.63, 3.8) is 0 Å². The van der Waals surface area contributed by atoms with E-state index in [1.54, 1.807) is 0 Å². The van der Waals surface area contributed by atoms with Gasteiger partial charge in [-0.15, -0.1) is 23.2 Å². The fraction of sp³-hybridized carbons (Fsp3) is 0.0196. The third-order valence-electron chi connectivity index (χ3n) is 10.0. The molecule has 0 saturated heterocycles. The van der Waals surface area contributed by atoms with Crippen molar-refractivity contribution in [3.05, 3.63) is 219 Å². The Morgan fingerprint density at radius 2 is 0.600 bits per heavy atom. The van der Waals surface area contributed by atoms with Gasteiger partial charge in [0.15, 0.2) is 0 Å². The van der Waals surface area contributed by atoms with E-state index in [1.165, 1.54) is 64.1 Å². The quantitative estimate of drug-likeness (QED) is 0.0545. The molecule has 0 unspecified atom stereocenters. The third-order valence-corrected chi connectivity index (χ3v) is 15.6. The van der Waals surface area contributed by atoms with Crippen molar-refractivity contribution in [3.8, 4) is 0 Å². The molecular formula is C51H40Cl2CuF6N2P3+2. The van der Waals surface area contributed by atoms with E-state index in [0.717, 1.165) is 11.0 Å². The number of para-hydroxylation sites is 2. The first-order valence-electron chi connectivity index (χ1n) is 19.9. The maximum Gasteiger partial charge on any atom is 1.00 e. The molecule has 2 nitrogen and oxygen atoms in total. The predicted octanol–water partition coefficient (Wildman–Crippen LogP) is 14.6. The molecule has 0 radical (unpaired) electrons. The molecule has 0 bridgehead atoms. The number of benzene rings is 8. The van der Waals surface area contributed by atoms with E-state index in [0.29, 0.717) is 0 Å². The van der Waals surface area contributed by atoms with Gasteiger partial charge in [0.05, 0.1) is 5.34 Å². The zero-order chi connectivity index (χ0) is 45.2. The van der Waals surface area contributed by atoms with Gasteiger partial charge in [0.25, 0.3) is 0 Å². The molecule has 0 amide bonds. The average Bonchev–Trinajstić information content (AvgIpc) is 3.30. The van der Waals surface area contributed by atoms with Gasteiger partial charge in [-0.3, -0.25) is 9.97 Å². The molecule has 65 heavy (non-hydrogen) atoms. The second-order valence-corrected chi connectivity index (χ2v) is 22.0. The second kappa shape index (κ2) is 21.1. The van der Waals surface area contributed by atoms with E-state index in [4.69, 9.17) is 33.2 Å². The number of hydrogen-bond donors (Lipinski definition) is 0. The summed E-state index contributed by atoms with van der Waals surface area (Å²) < 4.78 is 59.2. The van der Waals surface area contributed by atoms with E-state index >= 15 is 0 Å². The van der Waals surface area contributed by atoms with Crippen molar-refractivity contribution in [2.24, 2.45) is 0 Å². The minimum Gasteiger partial charge on any atom is -0.251 e. The van der Waals surface area contributed by atoms with Crippen LogP contribution in [0.25, 0.3) is 43.4 Å². The van der Waals surface area contributed by atoms with Crippen LogP contribution in [-0.4, -0.2) is 15.3 Å². The summed E-state index contributed by atoms with van der Waals surface area (Å²) in [4.78, 5) is 9.81. The molecule has 10 aromatic rings. The molecule has 0 fully saturated rings. The van der Waals surface area contributed by atoms with Gasteiger partial charge < -0.3 is 0 Å². The van der Waals surface area contributed by atoms with Crippen LogP contribution in [-0.2, 0) is 17.1 Å². The Balaban J connectivity index is 0.000000177. The van der Waals surface area contributed by atoms with Gasteiger partial charge in [0.2, 0.25) is 0 Å². The molecule has 0 aliphatic carbocycles. The number of nitrogens with zero attached hydrogens (tertiary/aromatic N) is 2. The monoisotopic (exact) mass is 1020 g/mol. The molecule has 0 aliphatic rings. The summed E-state index contributed by atoms with van der Waals surface area (Å²) in [6, 6.07) is 73.7. The Labute approximate surface area is 395 Å². The van der Waals surface area contributed by atoms with Gasteiger partial charge in [0.1, 0.15) is 58.7 Å².